The van der Waals surface area contributed by atoms with Gasteiger partial charge < -0.3 is 4.74 Å². The van der Waals surface area contributed by atoms with Gasteiger partial charge in [0.1, 0.15) is 18.2 Å². The van der Waals surface area contributed by atoms with E-state index in [0.717, 1.165) is 45.0 Å². The molecule has 2 aromatic heterocycles. The zero-order valence-electron chi connectivity index (χ0n) is 17.0. The third-order valence-corrected chi connectivity index (χ3v) is 5.22. The van der Waals surface area contributed by atoms with Gasteiger partial charge in [-0.3, -0.25) is 0 Å². The molecule has 0 bridgehead atoms. The summed E-state index contributed by atoms with van der Waals surface area (Å²) in [5.74, 6) is 0.544. The van der Waals surface area contributed by atoms with Gasteiger partial charge in [-0.2, -0.15) is 5.10 Å². The molecule has 0 radical (unpaired) electrons. The molecule has 0 aliphatic rings. The molecule has 3 aromatic carbocycles. The molecule has 0 spiro atoms. The molecular formula is C26H20FN3O. The van der Waals surface area contributed by atoms with E-state index in [1.165, 1.54) is 12.1 Å². The van der Waals surface area contributed by atoms with Gasteiger partial charge in [-0.05, 0) is 60.5 Å². The van der Waals surface area contributed by atoms with Crippen LogP contribution >= 0.6 is 0 Å². The summed E-state index contributed by atoms with van der Waals surface area (Å²) in [7, 11) is 0. The number of hydrogen-bond acceptors (Lipinski definition) is 3. The van der Waals surface area contributed by atoms with E-state index in [2.05, 4.69) is 4.98 Å². The Morgan fingerprint density at radius 3 is 2.29 bits per heavy atom. The highest BCUT2D eigenvalue weighted by molar-refractivity contribution is 5.81. The first-order chi connectivity index (χ1) is 15.2. The monoisotopic (exact) mass is 409 g/mol. The molecule has 4 nitrogen and oxygen atoms in total. The minimum atomic E-state index is -0.263. The van der Waals surface area contributed by atoms with E-state index in [4.69, 9.17) is 9.84 Å². The van der Waals surface area contributed by atoms with Crippen LogP contribution in [0.15, 0.2) is 91.1 Å². The van der Waals surface area contributed by atoms with Crippen molar-refractivity contribution in [3.63, 3.8) is 0 Å². The van der Waals surface area contributed by atoms with E-state index in [1.54, 1.807) is 18.3 Å². The first kappa shape index (κ1) is 19.0. The summed E-state index contributed by atoms with van der Waals surface area (Å²) in [6, 6.07) is 26.4. The van der Waals surface area contributed by atoms with E-state index in [-0.39, 0.29) is 5.82 Å². The maximum absolute atomic E-state index is 13.4. The van der Waals surface area contributed by atoms with E-state index in [1.807, 2.05) is 72.1 Å². The van der Waals surface area contributed by atoms with Crippen molar-refractivity contribution in [3.8, 4) is 28.1 Å². The maximum atomic E-state index is 13.4. The van der Waals surface area contributed by atoms with Gasteiger partial charge in [-0.25, -0.2) is 13.9 Å². The number of halogens is 1. The maximum Gasteiger partial charge on any atom is 0.163 e. The number of rotatable bonds is 5. The highest BCUT2D eigenvalue weighted by Gasteiger charge is 2.15. The summed E-state index contributed by atoms with van der Waals surface area (Å²) >= 11 is 0. The SMILES string of the molecule is Cc1nn2c(-c3ccc(OCc4ccccc4)cc3)ccnc2c1-c1ccc(F)cc1. The van der Waals surface area contributed by atoms with E-state index in [0.29, 0.717) is 6.61 Å². The Labute approximate surface area is 179 Å². The molecule has 0 aliphatic heterocycles. The van der Waals surface area contributed by atoms with Gasteiger partial charge in [0, 0.05) is 17.3 Å². The van der Waals surface area contributed by atoms with Gasteiger partial charge in [0.05, 0.1) is 11.4 Å². The predicted octanol–water partition coefficient (Wildman–Crippen LogP) is 6.09. The summed E-state index contributed by atoms with van der Waals surface area (Å²) in [6.45, 7) is 2.47. The standard InChI is InChI=1S/C26H20FN3O/c1-18-25(21-7-11-22(27)12-8-21)26-28-16-15-24(30(26)29-18)20-9-13-23(14-10-20)31-17-19-5-3-2-4-6-19/h2-16H,17H2,1H3. The summed E-state index contributed by atoms with van der Waals surface area (Å²) in [4.78, 5) is 4.55. The largest absolute Gasteiger partial charge is 0.489 e. The Morgan fingerprint density at radius 2 is 1.55 bits per heavy atom. The molecule has 0 saturated heterocycles. The fourth-order valence-corrected chi connectivity index (χ4v) is 3.69. The number of aryl methyl sites for hydroxylation is 1. The van der Waals surface area contributed by atoms with Gasteiger partial charge in [0.15, 0.2) is 5.65 Å². The van der Waals surface area contributed by atoms with Gasteiger partial charge in [0.2, 0.25) is 0 Å². The molecular weight excluding hydrogens is 389 g/mol. The van der Waals surface area contributed by atoms with Crippen LogP contribution in [0.2, 0.25) is 0 Å². The smallest absolute Gasteiger partial charge is 0.163 e. The molecule has 0 unspecified atom stereocenters. The highest BCUT2D eigenvalue weighted by atomic mass is 19.1. The van der Waals surface area contributed by atoms with Gasteiger partial charge in [0.25, 0.3) is 0 Å². The fraction of sp³-hybridized carbons (Fsp3) is 0.0769. The van der Waals surface area contributed by atoms with Crippen molar-refractivity contribution in [1.82, 2.24) is 14.6 Å². The van der Waals surface area contributed by atoms with Crippen molar-refractivity contribution in [2.24, 2.45) is 0 Å². The molecule has 0 aliphatic carbocycles. The molecule has 0 amide bonds. The van der Waals surface area contributed by atoms with Gasteiger partial charge in [-0.1, -0.05) is 42.5 Å². The molecule has 152 valence electrons. The quantitative estimate of drug-likeness (QED) is 0.353. The summed E-state index contributed by atoms with van der Waals surface area (Å²) in [6.07, 6.45) is 1.78. The van der Waals surface area contributed by atoms with E-state index < -0.39 is 0 Å². The van der Waals surface area contributed by atoms with Crippen molar-refractivity contribution in [3.05, 3.63) is 108 Å². The second kappa shape index (κ2) is 8.03. The second-order valence-corrected chi connectivity index (χ2v) is 7.33. The molecule has 0 atom stereocenters. The average Bonchev–Trinajstić information content (AvgIpc) is 3.15. The summed E-state index contributed by atoms with van der Waals surface area (Å²) in [5.41, 5.74) is 6.44. The van der Waals surface area contributed by atoms with E-state index >= 15 is 0 Å². The van der Waals surface area contributed by atoms with Crippen LogP contribution in [-0.2, 0) is 6.61 Å². The number of nitrogens with zero attached hydrogens (tertiary/aromatic N) is 3. The van der Waals surface area contributed by atoms with Crippen molar-refractivity contribution in [2.45, 2.75) is 13.5 Å². The van der Waals surface area contributed by atoms with Crippen molar-refractivity contribution >= 4 is 5.65 Å². The minimum absolute atomic E-state index is 0.263. The Morgan fingerprint density at radius 1 is 0.839 bits per heavy atom. The molecule has 5 rings (SSSR count). The molecule has 0 N–H and O–H groups in total. The van der Waals surface area contributed by atoms with Gasteiger partial charge >= 0.3 is 0 Å². The van der Waals surface area contributed by atoms with Crippen LogP contribution < -0.4 is 4.74 Å². The second-order valence-electron chi connectivity index (χ2n) is 7.33. The van der Waals surface area contributed by atoms with Crippen molar-refractivity contribution in [1.29, 1.82) is 0 Å². The molecule has 0 saturated carbocycles. The van der Waals surface area contributed by atoms with Crippen LogP contribution in [-0.4, -0.2) is 14.6 Å². The van der Waals surface area contributed by atoms with Crippen LogP contribution in [0, 0.1) is 12.7 Å². The Kier molecular flexibility index (Phi) is 4.92. The predicted molar refractivity (Wildman–Crippen MR) is 119 cm³/mol. The number of benzene rings is 3. The lowest BCUT2D eigenvalue weighted by Gasteiger charge is -2.09. The molecule has 31 heavy (non-hydrogen) atoms. The lowest BCUT2D eigenvalue weighted by Crippen LogP contribution is -1.97. The molecule has 5 heteroatoms. The summed E-state index contributed by atoms with van der Waals surface area (Å²) < 4.78 is 21.1. The van der Waals surface area contributed by atoms with E-state index in [9.17, 15) is 4.39 Å². The zero-order chi connectivity index (χ0) is 21.2. The van der Waals surface area contributed by atoms with Crippen molar-refractivity contribution < 1.29 is 9.13 Å². The molecule has 0 fully saturated rings. The average molecular weight is 409 g/mol. The van der Waals surface area contributed by atoms with Crippen LogP contribution in [0.4, 0.5) is 4.39 Å². The Hall–Kier alpha value is -3.99. The normalized spacial score (nSPS) is 11.0. The minimum Gasteiger partial charge on any atom is -0.489 e. The van der Waals surface area contributed by atoms with Crippen LogP contribution in [0.5, 0.6) is 5.75 Å². The highest BCUT2D eigenvalue weighted by Crippen LogP contribution is 2.30. The number of fused-ring (bicyclic) bond motifs is 1. The first-order valence-corrected chi connectivity index (χ1v) is 10.1. The number of aromatic nitrogens is 3. The number of hydrogen-bond donors (Lipinski definition) is 0. The van der Waals surface area contributed by atoms with Crippen molar-refractivity contribution in [2.75, 3.05) is 0 Å². The lowest BCUT2D eigenvalue weighted by atomic mass is 10.1. The Balaban J connectivity index is 1.46. The van der Waals surface area contributed by atoms with Gasteiger partial charge in [-0.15, -0.1) is 0 Å². The Bertz CT molecular complexity index is 1330. The molecule has 2 heterocycles. The van der Waals surface area contributed by atoms with Crippen LogP contribution in [0.25, 0.3) is 28.0 Å². The van der Waals surface area contributed by atoms with Crippen LogP contribution in [0.3, 0.4) is 0 Å². The third-order valence-electron chi connectivity index (χ3n) is 5.22. The molecule has 5 aromatic rings. The first-order valence-electron chi connectivity index (χ1n) is 10.1. The summed E-state index contributed by atoms with van der Waals surface area (Å²) in [5, 5.41) is 4.72. The van der Waals surface area contributed by atoms with Crippen LogP contribution in [0.1, 0.15) is 11.3 Å². The third kappa shape index (κ3) is 3.78. The number of ether oxygens (including phenoxy) is 1. The topological polar surface area (TPSA) is 39.4 Å². The lowest BCUT2D eigenvalue weighted by molar-refractivity contribution is 0.306. The fourth-order valence-electron chi connectivity index (χ4n) is 3.69. The zero-order valence-corrected chi connectivity index (χ0v) is 17.0.